The fourth-order valence-electron chi connectivity index (χ4n) is 1.46. The van der Waals surface area contributed by atoms with Gasteiger partial charge in [0.1, 0.15) is 5.57 Å². The van der Waals surface area contributed by atoms with Crippen molar-refractivity contribution in [2.75, 3.05) is 19.1 Å². The van der Waals surface area contributed by atoms with Gasteiger partial charge in [-0.15, -0.1) is 0 Å². The second-order valence-electron chi connectivity index (χ2n) is 3.92. The van der Waals surface area contributed by atoms with Crippen molar-refractivity contribution in [3.63, 3.8) is 0 Å². The van der Waals surface area contributed by atoms with Crippen LogP contribution in [0, 0.1) is 0 Å². The van der Waals surface area contributed by atoms with Crippen molar-refractivity contribution < 1.29 is 14.3 Å². The smallest absolute Gasteiger partial charge is 0.341 e. The molecule has 0 aliphatic carbocycles. The van der Waals surface area contributed by atoms with Crippen LogP contribution in [0.15, 0.2) is 54.3 Å². The summed E-state index contributed by atoms with van der Waals surface area (Å²) in [5.74, 6) is -0.946. The summed E-state index contributed by atoms with van der Waals surface area (Å²) in [7, 11) is 3.13. The Kier molecular flexibility index (Phi) is 5.54. The van der Waals surface area contributed by atoms with E-state index >= 15 is 0 Å². The third-order valence-corrected chi connectivity index (χ3v) is 2.52. The summed E-state index contributed by atoms with van der Waals surface area (Å²) in [5, 5.41) is 0. The normalized spacial score (nSPS) is 11.4. The zero-order valence-corrected chi connectivity index (χ0v) is 11.3. The van der Waals surface area contributed by atoms with Crippen LogP contribution in [0.1, 0.15) is 6.92 Å². The van der Waals surface area contributed by atoms with Gasteiger partial charge in [-0.3, -0.25) is 4.79 Å². The fourth-order valence-corrected chi connectivity index (χ4v) is 1.46. The van der Waals surface area contributed by atoms with Crippen molar-refractivity contribution in [3.05, 3.63) is 54.3 Å². The average molecular weight is 259 g/mol. The van der Waals surface area contributed by atoms with Crippen LogP contribution in [0.25, 0.3) is 0 Å². The Labute approximate surface area is 113 Å². The number of carbonyl (C=O) groups excluding carboxylic acids is 2. The van der Waals surface area contributed by atoms with Crippen LogP contribution >= 0.6 is 0 Å². The summed E-state index contributed by atoms with van der Waals surface area (Å²) in [4.78, 5) is 24.5. The molecule has 0 saturated carbocycles. The first-order chi connectivity index (χ1) is 9.06. The molecule has 0 bridgehead atoms. The molecule has 4 nitrogen and oxygen atoms in total. The molecule has 0 aromatic heterocycles. The Bertz CT molecular complexity index is 503. The number of rotatable bonds is 5. The Hall–Kier alpha value is -2.36. The minimum atomic E-state index is -0.625. The van der Waals surface area contributed by atoms with Crippen molar-refractivity contribution in [3.8, 4) is 0 Å². The van der Waals surface area contributed by atoms with Gasteiger partial charge in [-0.25, -0.2) is 4.79 Å². The van der Waals surface area contributed by atoms with Crippen LogP contribution in [0.5, 0.6) is 0 Å². The number of ketones is 1. The average Bonchev–Trinajstić information content (AvgIpc) is 2.43. The molecule has 0 N–H and O–H groups in total. The zero-order chi connectivity index (χ0) is 14.3. The number of methoxy groups -OCH3 is 1. The van der Waals surface area contributed by atoms with Crippen LogP contribution in [-0.2, 0) is 14.3 Å². The second-order valence-corrected chi connectivity index (χ2v) is 3.92. The quantitative estimate of drug-likeness (QED) is 0.268. The van der Waals surface area contributed by atoms with E-state index in [2.05, 4.69) is 4.74 Å². The van der Waals surface area contributed by atoms with Crippen molar-refractivity contribution in [1.29, 1.82) is 0 Å². The third-order valence-electron chi connectivity index (χ3n) is 2.52. The maximum atomic E-state index is 11.3. The molecule has 0 aliphatic heterocycles. The van der Waals surface area contributed by atoms with Gasteiger partial charge in [0, 0.05) is 18.9 Å². The minimum Gasteiger partial charge on any atom is -0.465 e. The Balaban J connectivity index is 2.80. The van der Waals surface area contributed by atoms with Gasteiger partial charge in [0.2, 0.25) is 0 Å². The molecule has 0 fully saturated rings. The highest BCUT2D eigenvalue weighted by atomic mass is 16.5. The number of benzene rings is 1. The van der Waals surface area contributed by atoms with Gasteiger partial charge in [-0.2, -0.15) is 0 Å². The third kappa shape index (κ3) is 4.43. The monoisotopic (exact) mass is 259 g/mol. The highest BCUT2D eigenvalue weighted by molar-refractivity contribution is 6.16. The summed E-state index contributed by atoms with van der Waals surface area (Å²) in [6, 6.07) is 9.72. The van der Waals surface area contributed by atoms with Gasteiger partial charge >= 0.3 is 5.97 Å². The molecule has 100 valence electrons. The number of nitrogens with zero attached hydrogens (tertiary/aromatic N) is 1. The molecule has 0 radical (unpaired) electrons. The molecule has 0 unspecified atom stereocenters. The van der Waals surface area contributed by atoms with E-state index in [1.807, 2.05) is 42.3 Å². The number of hydrogen-bond acceptors (Lipinski definition) is 4. The maximum absolute atomic E-state index is 11.3. The number of hydrogen-bond donors (Lipinski definition) is 0. The first-order valence-electron chi connectivity index (χ1n) is 5.82. The largest absolute Gasteiger partial charge is 0.465 e. The SMILES string of the molecule is COC(=O)/C(=C\C=C\N(C)c1ccccc1)C(C)=O. The lowest BCUT2D eigenvalue weighted by molar-refractivity contribution is -0.137. The van der Waals surface area contributed by atoms with Gasteiger partial charge in [0.05, 0.1) is 7.11 Å². The lowest BCUT2D eigenvalue weighted by Crippen LogP contribution is -2.11. The fraction of sp³-hybridized carbons (Fsp3) is 0.200. The van der Waals surface area contributed by atoms with Gasteiger partial charge in [-0.05, 0) is 31.2 Å². The molecule has 4 heteroatoms. The number of carbonyl (C=O) groups is 2. The van der Waals surface area contributed by atoms with E-state index in [1.165, 1.54) is 20.1 Å². The molecule has 1 aromatic rings. The molecule has 0 saturated heterocycles. The Morgan fingerprint density at radius 3 is 2.37 bits per heavy atom. The summed E-state index contributed by atoms with van der Waals surface area (Å²) in [5.41, 5.74) is 1.04. The van der Waals surface area contributed by atoms with E-state index in [0.717, 1.165) is 5.69 Å². The van der Waals surface area contributed by atoms with Crippen molar-refractivity contribution in [1.82, 2.24) is 0 Å². The first kappa shape index (κ1) is 14.7. The predicted octanol–water partition coefficient (Wildman–Crippen LogP) is 2.32. The maximum Gasteiger partial charge on any atom is 0.341 e. The number of Topliss-reactive ketones (excluding diaryl/α,β-unsaturated/α-hetero) is 1. The van der Waals surface area contributed by atoms with E-state index in [-0.39, 0.29) is 11.4 Å². The summed E-state index contributed by atoms with van der Waals surface area (Å²) in [6.07, 6.45) is 4.86. The van der Waals surface area contributed by atoms with Gasteiger partial charge < -0.3 is 9.64 Å². The highest BCUT2D eigenvalue weighted by Gasteiger charge is 2.12. The van der Waals surface area contributed by atoms with Gasteiger partial charge in [0.25, 0.3) is 0 Å². The molecule has 0 atom stereocenters. The molecular weight excluding hydrogens is 242 g/mol. The molecule has 1 aromatic carbocycles. The lowest BCUT2D eigenvalue weighted by Gasteiger charge is -2.13. The first-order valence-corrected chi connectivity index (χ1v) is 5.82. The Morgan fingerprint density at radius 1 is 1.21 bits per heavy atom. The van der Waals surface area contributed by atoms with Crippen LogP contribution in [0.3, 0.4) is 0 Å². The molecule has 0 heterocycles. The van der Waals surface area contributed by atoms with E-state index in [9.17, 15) is 9.59 Å². The summed E-state index contributed by atoms with van der Waals surface area (Å²) in [6.45, 7) is 1.33. The number of esters is 1. The minimum absolute atomic E-state index is 0.0280. The van der Waals surface area contributed by atoms with Crippen LogP contribution in [-0.4, -0.2) is 25.9 Å². The molecule has 0 aliphatic rings. The summed E-state index contributed by atoms with van der Waals surface area (Å²) < 4.78 is 4.54. The lowest BCUT2D eigenvalue weighted by atomic mass is 10.2. The zero-order valence-electron chi connectivity index (χ0n) is 11.3. The van der Waals surface area contributed by atoms with Crippen LogP contribution in [0.2, 0.25) is 0 Å². The molecule has 1 rings (SSSR count). The van der Waals surface area contributed by atoms with E-state index in [1.54, 1.807) is 12.3 Å². The number of anilines is 1. The molecule has 19 heavy (non-hydrogen) atoms. The summed E-state index contributed by atoms with van der Waals surface area (Å²) >= 11 is 0. The Morgan fingerprint density at radius 2 is 1.84 bits per heavy atom. The van der Waals surface area contributed by atoms with Gasteiger partial charge in [0.15, 0.2) is 5.78 Å². The predicted molar refractivity (Wildman–Crippen MR) is 74.8 cm³/mol. The standard InChI is InChI=1S/C15H17NO3/c1-12(17)14(15(18)19-3)10-7-11-16(2)13-8-5-4-6-9-13/h4-11H,1-3H3/b11-7+,14-10-. The topological polar surface area (TPSA) is 46.6 Å². The second kappa shape index (κ2) is 7.16. The van der Waals surface area contributed by atoms with E-state index < -0.39 is 5.97 Å². The number of para-hydroxylation sites is 1. The van der Waals surface area contributed by atoms with E-state index in [4.69, 9.17) is 0 Å². The number of ether oxygens (including phenoxy) is 1. The number of allylic oxidation sites excluding steroid dienone is 2. The van der Waals surface area contributed by atoms with Gasteiger partial charge in [-0.1, -0.05) is 18.2 Å². The van der Waals surface area contributed by atoms with Crippen molar-refractivity contribution in [2.45, 2.75) is 6.92 Å². The highest BCUT2D eigenvalue weighted by Crippen LogP contribution is 2.11. The molecular formula is C15H17NO3. The molecule has 0 amide bonds. The van der Waals surface area contributed by atoms with Crippen molar-refractivity contribution >= 4 is 17.4 Å². The van der Waals surface area contributed by atoms with Crippen LogP contribution in [0.4, 0.5) is 5.69 Å². The van der Waals surface area contributed by atoms with Crippen LogP contribution < -0.4 is 4.90 Å². The molecule has 0 spiro atoms. The van der Waals surface area contributed by atoms with E-state index in [0.29, 0.717) is 0 Å². The van der Waals surface area contributed by atoms with Crippen molar-refractivity contribution in [2.24, 2.45) is 0 Å².